The van der Waals surface area contributed by atoms with Crippen LogP contribution in [-0.4, -0.2) is 16.9 Å². The van der Waals surface area contributed by atoms with Gasteiger partial charge >= 0.3 is 0 Å². The van der Waals surface area contributed by atoms with Crippen LogP contribution in [0.2, 0.25) is 0 Å². The highest BCUT2D eigenvalue weighted by atomic mass is 16.1. The van der Waals surface area contributed by atoms with E-state index in [9.17, 15) is 4.79 Å². The van der Waals surface area contributed by atoms with Gasteiger partial charge < -0.3 is 5.32 Å². The van der Waals surface area contributed by atoms with Crippen molar-refractivity contribution in [1.82, 2.24) is 5.32 Å². The number of piperidine rings is 1. The van der Waals surface area contributed by atoms with Gasteiger partial charge in [-0.2, -0.15) is 0 Å². The van der Waals surface area contributed by atoms with E-state index >= 15 is 0 Å². The summed E-state index contributed by atoms with van der Waals surface area (Å²) < 4.78 is 0. The zero-order valence-corrected chi connectivity index (χ0v) is 12.2. The number of hydrogen-bond acceptors (Lipinski definition) is 2. The maximum atomic E-state index is 12.4. The first-order valence-electron chi connectivity index (χ1n) is 7.23. The molecule has 100 valence electrons. The molecule has 0 aromatic rings. The molecule has 3 atom stereocenters. The molecule has 1 saturated heterocycles. The second-order valence-corrected chi connectivity index (χ2v) is 6.21. The molecule has 1 aliphatic heterocycles. The smallest absolute Gasteiger partial charge is 0.139 e. The summed E-state index contributed by atoms with van der Waals surface area (Å²) in [4.78, 5) is 12.4. The van der Waals surface area contributed by atoms with Gasteiger partial charge in [-0.1, -0.05) is 33.6 Å². The van der Waals surface area contributed by atoms with E-state index in [0.717, 1.165) is 32.1 Å². The van der Waals surface area contributed by atoms with Crippen molar-refractivity contribution in [2.24, 2.45) is 5.92 Å². The van der Waals surface area contributed by atoms with Crippen LogP contribution in [0.4, 0.5) is 0 Å². The summed E-state index contributed by atoms with van der Waals surface area (Å²) in [7, 11) is 0. The highest BCUT2D eigenvalue weighted by molar-refractivity contribution is 5.84. The van der Waals surface area contributed by atoms with Gasteiger partial charge in [0.15, 0.2) is 0 Å². The summed E-state index contributed by atoms with van der Waals surface area (Å²) in [6.07, 6.45) is 6.12. The fourth-order valence-corrected chi connectivity index (χ4v) is 3.82. The second kappa shape index (κ2) is 5.51. The number of carbonyl (C=O) groups is 1. The maximum Gasteiger partial charge on any atom is 0.139 e. The maximum absolute atomic E-state index is 12.4. The predicted octanol–water partition coefficient (Wildman–Crippen LogP) is 3.69. The van der Waals surface area contributed by atoms with Crippen molar-refractivity contribution in [1.29, 1.82) is 0 Å². The Kier molecular flexibility index (Phi) is 4.77. The van der Waals surface area contributed by atoms with Gasteiger partial charge in [0.1, 0.15) is 5.78 Å². The van der Waals surface area contributed by atoms with Crippen molar-refractivity contribution in [2.75, 3.05) is 0 Å². The first kappa shape index (κ1) is 14.7. The second-order valence-electron chi connectivity index (χ2n) is 6.21. The first-order chi connectivity index (χ1) is 7.90. The molecule has 2 heteroatoms. The molecule has 1 rings (SSSR count). The van der Waals surface area contributed by atoms with E-state index in [0.29, 0.717) is 12.2 Å². The lowest BCUT2D eigenvalue weighted by molar-refractivity contribution is -0.131. The van der Waals surface area contributed by atoms with Gasteiger partial charge in [0.25, 0.3) is 0 Å². The van der Waals surface area contributed by atoms with Crippen LogP contribution in [0.1, 0.15) is 73.1 Å². The van der Waals surface area contributed by atoms with Gasteiger partial charge in [-0.05, 0) is 33.1 Å². The fourth-order valence-electron chi connectivity index (χ4n) is 3.82. The lowest BCUT2D eigenvalue weighted by atomic mass is 9.68. The molecule has 0 aromatic carbocycles. The van der Waals surface area contributed by atoms with E-state index in [1.54, 1.807) is 0 Å². The number of Topliss-reactive ketones (excluding diaryl/α,β-unsaturated/α-hetero) is 1. The van der Waals surface area contributed by atoms with Crippen LogP contribution < -0.4 is 5.32 Å². The third-order valence-corrected chi connectivity index (χ3v) is 4.29. The van der Waals surface area contributed by atoms with Gasteiger partial charge in [-0.15, -0.1) is 0 Å². The van der Waals surface area contributed by atoms with Crippen LogP contribution >= 0.6 is 0 Å². The molecule has 1 N–H and O–H groups in total. The molecule has 3 unspecified atom stereocenters. The average Bonchev–Trinajstić information content (AvgIpc) is 2.16. The normalized spacial score (nSPS) is 38.4. The monoisotopic (exact) mass is 239 g/mol. The molecule has 0 aromatic heterocycles. The molecule has 0 aliphatic carbocycles. The van der Waals surface area contributed by atoms with Crippen molar-refractivity contribution in [2.45, 2.75) is 84.2 Å². The first-order valence-corrected chi connectivity index (χ1v) is 7.23. The quantitative estimate of drug-likeness (QED) is 0.792. The molecule has 0 radical (unpaired) electrons. The molecular formula is C15H29NO. The zero-order valence-electron chi connectivity index (χ0n) is 12.2. The molecule has 0 amide bonds. The molecular weight excluding hydrogens is 210 g/mol. The van der Waals surface area contributed by atoms with E-state index in [1.807, 2.05) is 0 Å². The van der Waals surface area contributed by atoms with Crippen LogP contribution in [-0.2, 0) is 4.79 Å². The van der Waals surface area contributed by atoms with E-state index in [4.69, 9.17) is 0 Å². The zero-order chi connectivity index (χ0) is 13.1. The Bertz CT molecular complexity index is 276. The summed E-state index contributed by atoms with van der Waals surface area (Å²) >= 11 is 0. The van der Waals surface area contributed by atoms with Gasteiger partial charge in [0.2, 0.25) is 0 Å². The molecule has 1 aliphatic rings. The minimum absolute atomic E-state index is 0.00273. The highest BCUT2D eigenvalue weighted by Crippen LogP contribution is 2.37. The van der Waals surface area contributed by atoms with E-state index in [1.165, 1.54) is 0 Å². The molecule has 0 saturated carbocycles. The number of carbonyl (C=O) groups excluding carboxylic acids is 1. The van der Waals surface area contributed by atoms with Crippen LogP contribution in [0, 0.1) is 5.92 Å². The summed E-state index contributed by atoms with van der Waals surface area (Å²) in [6.45, 7) is 11.0. The van der Waals surface area contributed by atoms with Crippen LogP contribution in [0.15, 0.2) is 0 Å². The molecule has 0 spiro atoms. The molecule has 1 heterocycles. The Morgan fingerprint density at radius 3 is 2.24 bits per heavy atom. The number of nitrogens with one attached hydrogen (secondary N) is 1. The van der Waals surface area contributed by atoms with Gasteiger partial charge in [0, 0.05) is 23.4 Å². The Morgan fingerprint density at radius 2 is 1.76 bits per heavy atom. The minimum Gasteiger partial charge on any atom is -0.305 e. The average molecular weight is 239 g/mol. The lowest BCUT2D eigenvalue weighted by Crippen LogP contribution is -2.65. The lowest BCUT2D eigenvalue weighted by Gasteiger charge is -2.50. The largest absolute Gasteiger partial charge is 0.305 e. The summed E-state index contributed by atoms with van der Waals surface area (Å²) in [6, 6.07) is 0. The number of ketones is 1. The summed E-state index contributed by atoms with van der Waals surface area (Å²) in [5.41, 5.74) is 0.0180. The van der Waals surface area contributed by atoms with Crippen LogP contribution in [0.5, 0.6) is 0 Å². The highest BCUT2D eigenvalue weighted by Gasteiger charge is 2.47. The Balaban J connectivity index is 2.94. The predicted molar refractivity (Wildman–Crippen MR) is 73.2 cm³/mol. The SMILES string of the molecule is CCCC1(C)CC(=O)C(CC)C(C)(CCC)N1. The van der Waals surface area contributed by atoms with Gasteiger partial charge in [-0.3, -0.25) is 4.79 Å². The van der Waals surface area contributed by atoms with Gasteiger partial charge in [-0.25, -0.2) is 0 Å². The van der Waals surface area contributed by atoms with Crippen molar-refractivity contribution < 1.29 is 4.79 Å². The third-order valence-electron chi connectivity index (χ3n) is 4.29. The third kappa shape index (κ3) is 3.09. The Hall–Kier alpha value is -0.370. The number of hydrogen-bond donors (Lipinski definition) is 1. The molecule has 2 nitrogen and oxygen atoms in total. The standard InChI is InChI=1S/C15H29NO/c1-6-9-14(4)11-13(17)12(8-3)15(5,16-14)10-7-2/h12,16H,6-11H2,1-5H3. The van der Waals surface area contributed by atoms with Crippen molar-refractivity contribution in [3.8, 4) is 0 Å². The van der Waals surface area contributed by atoms with Crippen LogP contribution in [0.25, 0.3) is 0 Å². The molecule has 17 heavy (non-hydrogen) atoms. The topological polar surface area (TPSA) is 29.1 Å². The Morgan fingerprint density at radius 1 is 1.18 bits per heavy atom. The molecule has 0 bridgehead atoms. The van der Waals surface area contributed by atoms with Gasteiger partial charge in [0.05, 0.1) is 0 Å². The van der Waals surface area contributed by atoms with Crippen molar-refractivity contribution in [3.05, 3.63) is 0 Å². The van der Waals surface area contributed by atoms with E-state index in [2.05, 4.69) is 39.9 Å². The van der Waals surface area contributed by atoms with Crippen molar-refractivity contribution in [3.63, 3.8) is 0 Å². The van der Waals surface area contributed by atoms with E-state index < -0.39 is 0 Å². The fraction of sp³-hybridized carbons (Fsp3) is 0.933. The molecule has 1 fully saturated rings. The van der Waals surface area contributed by atoms with Crippen LogP contribution in [0.3, 0.4) is 0 Å². The number of rotatable bonds is 5. The van der Waals surface area contributed by atoms with E-state index in [-0.39, 0.29) is 17.0 Å². The summed E-state index contributed by atoms with van der Waals surface area (Å²) in [5.74, 6) is 0.672. The Labute approximate surface area is 107 Å². The summed E-state index contributed by atoms with van der Waals surface area (Å²) in [5, 5.41) is 3.82. The van der Waals surface area contributed by atoms with Crippen molar-refractivity contribution >= 4 is 5.78 Å². The minimum atomic E-state index is 0.00273.